The van der Waals surface area contributed by atoms with E-state index in [2.05, 4.69) is 20.3 Å². The van der Waals surface area contributed by atoms with Gasteiger partial charge in [-0.15, -0.1) is 15.3 Å². The minimum Gasteiger partial charge on any atom is -0.217 e. The summed E-state index contributed by atoms with van der Waals surface area (Å²) in [4.78, 5) is 5.52. The summed E-state index contributed by atoms with van der Waals surface area (Å²) in [6.07, 6.45) is 4.44. The average molecular weight is 392 g/mol. The van der Waals surface area contributed by atoms with Crippen LogP contribution in [-0.4, -0.2) is 24.8 Å². The van der Waals surface area contributed by atoms with E-state index >= 15 is 0 Å². The standard InChI is InChI=1S/C15H10ClN5S3/c16-10-5-3-8(4-6-10)11-7-21-13(17-11)23-15(20-21)24-14-19-18-12(22-14)9-1-2-9/h3-7,9H,1-2H2. The van der Waals surface area contributed by atoms with Crippen LogP contribution in [0.3, 0.4) is 0 Å². The Morgan fingerprint density at radius 3 is 2.67 bits per heavy atom. The van der Waals surface area contributed by atoms with Gasteiger partial charge in [0.05, 0.1) is 11.9 Å². The molecular weight excluding hydrogens is 382 g/mol. The Kier molecular flexibility index (Phi) is 3.58. The maximum Gasteiger partial charge on any atom is 0.213 e. The zero-order valence-corrected chi connectivity index (χ0v) is 15.4. The summed E-state index contributed by atoms with van der Waals surface area (Å²) in [5, 5.41) is 15.0. The van der Waals surface area contributed by atoms with Gasteiger partial charge in [-0.1, -0.05) is 46.4 Å². The third kappa shape index (κ3) is 2.83. The molecule has 1 aliphatic rings. The molecule has 9 heteroatoms. The summed E-state index contributed by atoms with van der Waals surface area (Å²) in [5.41, 5.74) is 1.93. The van der Waals surface area contributed by atoms with Crippen LogP contribution in [0.5, 0.6) is 0 Å². The van der Waals surface area contributed by atoms with E-state index in [1.165, 1.54) is 12.8 Å². The van der Waals surface area contributed by atoms with Crippen molar-refractivity contribution in [1.29, 1.82) is 0 Å². The Hall–Kier alpha value is -1.48. The Labute approximate surface area is 154 Å². The summed E-state index contributed by atoms with van der Waals surface area (Å²) in [7, 11) is 0. The molecule has 3 aromatic heterocycles. The fourth-order valence-corrected chi connectivity index (χ4v) is 5.61. The summed E-state index contributed by atoms with van der Waals surface area (Å²) >= 11 is 10.7. The SMILES string of the molecule is Clc1ccc(-c2cn3nc(Sc4nnc(C5CC5)s4)sc3n2)cc1. The van der Waals surface area contributed by atoms with Gasteiger partial charge in [0, 0.05) is 16.5 Å². The average Bonchev–Trinajstić information content (AvgIpc) is 3.01. The maximum atomic E-state index is 5.93. The quantitative estimate of drug-likeness (QED) is 0.490. The zero-order chi connectivity index (χ0) is 16.1. The van der Waals surface area contributed by atoms with E-state index in [4.69, 9.17) is 11.6 Å². The molecule has 1 aliphatic carbocycles. The van der Waals surface area contributed by atoms with Crippen LogP contribution in [-0.2, 0) is 0 Å². The largest absolute Gasteiger partial charge is 0.217 e. The van der Waals surface area contributed by atoms with Gasteiger partial charge in [-0.25, -0.2) is 9.50 Å². The maximum absolute atomic E-state index is 5.93. The first kappa shape index (κ1) is 14.8. The van der Waals surface area contributed by atoms with Crippen LogP contribution in [0.4, 0.5) is 0 Å². The van der Waals surface area contributed by atoms with Crippen molar-refractivity contribution in [3.05, 3.63) is 40.5 Å². The van der Waals surface area contributed by atoms with Crippen molar-refractivity contribution in [3.8, 4) is 11.3 Å². The van der Waals surface area contributed by atoms with E-state index in [1.807, 2.05) is 35.0 Å². The van der Waals surface area contributed by atoms with E-state index in [9.17, 15) is 0 Å². The minimum absolute atomic E-state index is 0.646. The minimum atomic E-state index is 0.646. The van der Waals surface area contributed by atoms with Crippen LogP contribution >= 0.6 is 46.0 Å². The molecule has 0 radical (unpaired) electrons. The monoisotopic (exact) mass is 391 g/mol. The summed E-state index contributed by atoms with van der Waals surface area (Å²) in [6.45, 7) is 0. The van der Waals surface area contributed by atoms with Crippen LogP contribution in [0.2, 0.25) is 5.02 Å². The lowest BCUT2D eigenvalue weighted by Crippen LogP contribution is -1.81. The van der Waals surface area contributed by atoms with Crippen molar-refractivity contribution in [2.75, 3.05) is 0 Å². The Balaban J connectivity index is 1.39. The topological polar surface area (TPSA) is 56.0 Å². The Morgan fingerprint density at radius 2 is 1.92 bits per heavy atom. The second kappa shape index (κ2) is 5.80. The van der Waals surface area contributed by atoms with Crippen LogP contribution in [0, 0.1) is 0 Å². The predicted molar refractivity (Wildman–Crippen MR) is 97.3 cm³/mol. The number of nitrogens with zero attached hydrogens (tertiary/aromatic N) is 5. The van der Waals surface area contributed by atoms with E-state index in [0.717, 1.165) is 34.9 Å². The first-order valence-corrected chi connectivity index (χ1v) is 10.2. The highest BCUT2D eigenvalue weighted by atomic mass is 35.5. The molecule has 1 fully saturated rings. The van der Waals surface area contributed by atoms with Crippen LogP contribution in [0.25, 0.3) is 16.2 Å². The van der Waals surface area contributed by atoms with Crippen molar-refractivity contribution in [2.45, 2.75) is 27.4 Å². The number of rotatable bonds is 4. The second-order valence-corrected chi connectivity index (χ2v) is 9.41. The lowest BCUT2D eigenvalue weighted by Gasteiger charge is -1.95. The lowest BCUT2D eigenvalue weighted by molar-refractivity contribution is 0.909. The smallest absolute Gasteiger partial charge is 0.213 e. The molecule has 0 atom stereocenters. The van der Waals surface area contributed by atoms with Crippen LogP contribution in [0.1, 0.15) is 23.8 Å². The number of hydrogen-bond donors (Lipinski definition) is 0. The van der Waals surface area contributed by atoms with E-state index in [-0.39, 0.29) is 0 Å². The number of aromatic nitrogens is 5. The molecule has 5 nitrogen and oxygen atoms in total. The number of fused-ring (bicyclic) bond motifs is 1. The molecule has 0 aliphatic heterocycles. The number of benzene rings is 1. The molecule has 4 aromatic rings. The number of halogens is 1. The summed E-state index contributed by atoms with van der Waals surface area (Å²) in [6, 6.07) is 7.66. The molecule has 1 aromatic carbocycles. The first-order chi connectivity index (χ1) is 11.7. The van der Waals surface area contributed by atoms with Gasteiger partial charge in [-0.05, 0) is 36.7 Å². The molecule has 0 amide bonds. The highest BCUT2D eigenvalue weighted by molar-refractivity contribution is 8.02. The second-order valence-electron chi connectivity index (χ2n) is 5.51. The van der Waals surface area contributed by atoms with E-state index in [1.54, 1.807) is 34.4 Å². The highest BCUT2D eigenvalue weighted by Crippen LogP contribution is 2.43. The van der Waals surface area contributed by atoms with E-state index < -0.39 is 0 Å². The number of hydrogen-bond acceptors (Lipinski definition) is 7. The molecule has 0 spiro atoms. The molecule has 0 saturated heterocycles. The van der Waals surface area contributed by atoms with Gasteiger partial charge in [-0.3, -0.25) is 0 Å². The highest BCUT2D eigenvalue weighted by Gasteiger charge is 2.27. The fraction of sp³-hybridized carbons (Fsp3) is 0.200. The molecule has 0 N–H and O–H groups in total. The molecular formula is C15H10ClN5S3. The predicted octanol–water partition coefficient (Wildman–Crippen LogP) is 4.99. The van der Waals surface area contributed by atoms with Crippen molar-refractivity contribution >= 4 is 51.0 Å². The third-order valence-electron chi connectivity index (χ3n) is 3.69. The first-order valence-electron chi connectivity index (χ1n) is 7.38. The fourth-order valence-electron chi connectivity index (χ4n) is 2.31. The summed E-state index contributed by atoms with van der Waals surface area (Å²) < 4.78 is 3.70. The van der Waals surface area contributed by atoms with Crippen LogP contribution in [0.15, 0.2) is 39.1 Å². The molecule has 0 bridgehead atoms. The Bertz CT molecular complexity index is 984. The van der Waals surface area contributed by atoms with Gasteiger partial charge in [0.2, 0.25) is 4.96 Å². The van der Waals surface area contributed by atoms with Crippen LogP contribution < -0.4 is 0 Å². The molecule has 0 unspecified atom stereocenters. The van der Waals surface area contributed by atoms with Gasteiger partial charge < -0.3 is 0 Å². The van der Waals surface area contributed by atoms with E-state index in [0.29, 0.717) is 5.92 Å². The van der Waals surface area contributed by atoms with Gasteiger partial charge in [0.1, 0.15) is 5.01 Å². The van der Waals surface area contributed by atoms with Gasteiger partial charge >= 0.3 is 0 Å². The Morgan fingerprint density at radius 1 is 1.08 bits per heavy atom. The molecule has 24 heavy (non-hydrogen) atoms. The van der Waals surface area contributed by atoms with Gasteiger partial charge in [0.15, 0.2) is 8.68 Å². The van der Waals surface area contributed by atoms with Gasteiger partial charge in [0.25, 0.3) is 0 Å². The number of imidazole rings is 1. The lowest BCUT2D eigenvalue weighted by atomic mass is 10.2. The van der Waals surface area contributed by atoms with Crippen molar-refractivity contribution < 1.29 is 0 Å². The van der Waals surface area contributed by atoms with Crippen molar-refractivity contribution in [1.82, 2.24) is 24.8 Å². The molecule has 120 valence electrons. The third-order valence-corrected chi connectivity index (χ3v) is 7.05. The molecule has 3 heterocycles. The normalized spacial score (nSPS) is 14.5. The molecule has 1 saturated carbocycles. The van der Waals surface area contributed by atoms with Gasteiger partial charge in [-0.2, -0.15) is 0 Å². The zero-order valence-electron chi connectivity index (χ0n) is 12.2. The van der Waals surface area contributed by atoms with Crippen molar-refractivity contribution in [3.63, 3.8) is 0 Å². The summed E-state index contributed by atoms with van der Waals surface area (Å²) in [5.74, 6) is 0.646. The van der Waals surface area contributed by atoms with Crippen molar-refractivity contribution in [2.24, 2.45) is 0 Å². The molecule has 5 rings (SSSR count).